The van der Waals surface area contributed by atoms with Crippen molar-refractivity contribution in [1.29, 1.82) is 0 Å². The maximum atomic E-state index is 10.4. The molecule has 78 valence electrons. The Balaban J connectivity index is 2.58. The highest BCUT2D eigenvalue weighted by molar-refractivity contribution is 5.67. The number of rotatable bonds is 4. The summed E-state index contributed by atoms with van der Waals surface area (Å²) < 4.78 is 0. The molecule has 0 saturated carbocycles. The summed E-state index contributed by atoms with van der Waals surface area (Å²) in [5.74, 6) is 1.64. The molecule has 0 bridgehead atoms. The van der Waals surface area contributed by atoms with Gasteiger partial charge in [-0.2, -0.15) is 0 Å². The van der Waals surface area contributed by atoms with Gasteiger partial charge in [0.15, 0.2) is 0 Å². The van der Waals surface area contributed by atoms with Crippen LogP contribution < -0.4 is 5.73 Å². The van der Waals surface area contributed by atoms with Gasteiger partial charge in [0.05, 0.1) is 6.42 Å². The fourth-order valence-electron chi connectivity index (χ4n) is 1.34. The zero-order valence-electron chi connectivity index (χ0n) is 8.31. The zero-order chi connectivity index (χ0) is 11.3. The molecule has 0 aliphatic rings. The van der Waals surface area contributed by atoms with E-state index in [1.165, 1.54) is 0 Å². The molecule has 0 heterocycles. The van der Waals surface area contributed by atoms with Crippen molar-refractivity contribution in [2.24, 2.45) is 5.73 Å². The number of hydrogen-bond donors (Lipinski definition) is 2. The Morgan fingerprint density at radius 2 is 2.07 bits per heavy atom. The molecule has 0 aliphatic heterocycles. The Labute approximate surface area is 88.9 Å². The van der Waals surface area contributed by atoms with E-state index in [0.717, 1.165) is 11.1 Å². The molecule has 1 rings (SSSR count). The van der Waals surface area contributed by atoms with Crippen LogP contribution in [0.3, 0.4) is 0 Å². The van der Waals surface area contributed by atoms with Gasteiger partial charge < -0.3 is 10.8 Å². The lowest BCUT2D eigenvalue weighted by molar-refractivity contribution is -0.137. The van der Waals surface area contributed by atoms with Crippen molar-refractivity contribution < 1.29 is 9.90 Å². The summed E-state index contributed by atoms with van der Waals surface area (Å²) in [5.41, 5.74) is 7.47. The van der Waals surface area contributed by atoms with E-state index in [-0.39, 0.29) is 12.5 Å². The highest BCUT2D eigenvalue weighted by Gasteiger charge is 2.08. The average Bonchev–Trinajstić information content (AvgIpc) is 2.17. The number of terminal acetylenes is 1. The normalized spacial score (nSPS) is 11.7. The van der Waals surface area contributed by atoms with Crippen molar-refractivity contribution in [3.63, 3.8) is 0 Å². The van der Waals surface area contributed by atoms with Gasteiger partial charge in [-0.05, 0) is 24.1 Å². The van der Waals surface area contributed by atoms with Crippen LogP contribution in [0, 0.1) is 12.3 Å². The van der Waals surface area contributed by atoms with Crippen molar-refractivity contribution in [2.45, 2.75) is 18.9 Å². The first kappa shape index (κ1) is 11.3. The summed E-state index contributed by atoms with van der Waals surface area (Å²) in [6.07, 6.45) is 5.75. The number of carbonyl (C=O) groups is 1. The van der Waals surface area contributed by atoms with Gasteiger partial charge in [-0.1, -0.05) is 18.1 Å². The highest BCUT2D eigenvalue weighted by Crippen LogP contribution is 2.06. The Kier molecular flexibility index (Phi) is 3.90. The third kappa shape index (κ3) is 3.84. The minimum Gasteiger partial charge on any atom is -0.481 e. The molecular weight excluding hydrogens is 190 g/mol. The van der Waals surface area contributed by atoms with Crippen LogP contribution in [-0.4, -0.2) is 17.1 Å². The lowest BCUT2D eigenvalue weighted by atomic mass is 10.0. The molecule has 0 aliphatic carbocycles. The van der Waals surface area contributed by atoms with Gasteiger partial charge in [0, 0.05) is 11.6 Å². The quantitative estimate of drug-likeness (QED) is 0.718. The molecule has 3 nitrogen and oxygen atoms in total. The van der Waals surface area contributed by atoms with Crippen LogP contribution in [0.15, 0.2) is 24.3 Å². The van der Waals surface area contributed by atoms with E-state index in [0.29, 0.717) is 6.42 Å². The van der Waals surface area contributed by atoms with Crippen molar-refractivity contribution in [3.05, 3.63) is 35.4 Å². The van der Waals surface area contributed by atoms with Crippen LogP contribution in [0.25, 0.3) is 0 Å². The van der Waals surface area contributed by atoms with E-state index in [2.05, 4.69) is 5.92 Å². The Morgan fingerprint density at radius 3 is 2.53 bits per heavy atom. The van der Waals surface area contributed by atoms with Crippen LogP contribution in [0.4, 0.5) is 0 Å². The number of benzene rings is 1. The second kappa shape index (κ2) is 5.18. The SMILES string of the molecule is C#Cc1ccc(C[C@H](N)CC(=O)O)cc1. The van der Waals surface area contributed by atoms with Crippen molar-refractivity contribution in [2.75, 3.05) is 0 Å². The predicted octanol–water partition coefficient (Wildman–Crippen LogP) is 1.01. The van der Waals surface area contributed by atoms with Crippen LogP contribution in [0.1, 0.15) is 17.5 Å². The first-order valence-corrected chi connectivity index (χ1v) is 4.64. The highest BCUT2D eigenvalue weighted by atomic mass is 16.4. The Bertz CT molecular complexity index is 376. The van der Waals surface area contributed by atoms with Crippen molar-refractivity contribution >= 4 is 5.97 Å². The van der Waals surface area contributed by atoms with Gasteiger partial charge in [0.1, 0.15) is 0 Å². The fourth-order valence-corrected chi connectivity index (χ4v) is 1.34. The van der Waals surface area contributed by atoms with Gasteiger partial charge in [0.2, 0.25) is 0 Å². The van der Waals surface area contributed by atoms with Gasteiger partial charge in [-0.25, -0.2) is 0 Å². The van der Waals surface area contributed by atoms with E-state index in [1.54, 1.807) is 0 Å². The lowest BCUT2D eigenvalue weighted by Crippen LogP contribution is -2.26. The maximum Gasteiger partial charge on any atom is 0.304 e. The molecule has 1 atom stereocenters. The van der Waals surface area contributed by atoms with Gasteiger partial charge in [0.25, 0.3) is 0 Å². The zero-order valence-corrected chi connectivity index (χ0v) is 8.31. The molecule has 0 aromatic heterocycles. The van der Waals surface area contributed by atoms with E-state index in [1.807, 2.05) is 24.3 Å². The number of aliphatic carboxylic acids is 1. The lowest BCUT2D eigenvalue weighted by Gasteiger charge is -2.08. The molecule has 3 heteroatoms. The van der Waals surface area contributed by atoms with Crippen molar-refractivity contribution in [3.8, 4) is 12.3 Å². The molecule has 15 heavy (non-hydrogen) atoms. The second-order valence-electron chi connectivity index (χ2n) is 3.40. The number of hydrogen-bond acceptors (Lipinski definition) is 2. The second-order valence-corrected chi connectivity index (χ2v) is 3.40. The van der Waals surface area contributed by atoms with E-state index >= 15 is 0 Å². The first-order valence-electron chi connectivity index (χ1n) is 4.64. The third-order valence-electron chi connectivity index (χ3n) is 2.06. The fraction of sp³-hybridized carbons (Fsp3) is 0.250. The molecule has 1 aromatic rings. The summed E-state index contributed by atoms with van der Waals surface area (Å²) in [6.45, 7) is 0. The summed E-state index contributed by atoms with van der Waals surface area (Å²) in [6, 6.07) is 7.04. The summed E-state index contributed by atoms with van der Waals surface area (Å²) >= 11 is 0. The van der Waals surface area contributed by atoms with Gasteiger partial charge in [-0.15, -0.1) is 6.42 Å². The molecule has 0 saturated heterocycles. The Morgan fingerprint density at radius 1 is 1.47 bits per heavy atom. The van der Waals surface area contributed by atoms with Crippen LogP contribution in [-0.2, 0) is 11.2 Å². The average molecular weight is 203 g/mol. The number of carboxylic acids is 1. The van der Waals surface area contributed by atoms with E-state index in [9.17, 15) is 4.79 Å². The first-order chi connectivity index (χ1) is 7.11. The van der Waals surface area contributed by atoms with Gasteiger partial charge in [-0.3, -0.25) is 4.79 Å². The smallest absolute Gasteiger partial charge is 0.304 e. The molecular formula is C12H13NO2. The number of carboxylic acid groups (broad SMARTS) is 1. The molecule has 3 N–H and O–H groups in total. The van der Waals surface area contributed by atoms with E-state index < -0.39 is 5.97 Å². The van der Waals surface area contributed by atoms with Crippen LogP contribution in [0.5, 0.6) is 0 Å². The van der Waals surface area contributed by atoms with E-state index in [4.69, 9.17) is 17.3 Å². The molecule has 0 unspecified atom stereocenters. The molecule has 1 aromatic carbocycles. The maximum absolute atomic E-state index is 10.4. The largest absolute Gasteiger partial charge is 0.481 e. The minimum atomic E-state index is -0.872. The summed E-state index contributed by atoms with van der Waals surface area (Å²) in [5, 5.41) is 8.54. The Hall–Kier alpha value is -1.79. The molecule has 0 amide bonds. The van der Waals surface area contributed by atoms with Crippen LogP contribution >= 0.6 is 0 Å². The van der Waals surface area contributed by atoms with Crippen molar-refractivity contribution in [1.82, 2.24) is 0 Å². The predicted molar refractivity (Wildman–Crippen MR) is 58.3 cm³/mol. The topological polar surface area (TPSA) is 63.3 Å². The third-order valence-corrected chi connectivity index (χ3v) is 2.06. The summed E-state index contributed by atoms with van der Waals surface area (Å²) in [7, 11) is 0. The molecule has 0 fully saturated rings. The van der Waals surface area contributed by atoms with Crippen LogP contribution in [0.2, 0.25) is 0 Å². The standard InChI is InChI=1S/C12H13NO2/c1-2-9-3-5-10(6-4-9)7-11(13)8-12(14)15/h1,3-6,11H,7-8,13H2,(H,14,15)/t11-/m0/s1. The monoisotopic (exact) mass is 203 g/mol. The van der Waals surface area contributed by atoms with Gasteiger partial charge >= 0.3 is 5.97 Å². The molecule has 0 radical (unpaired) electrons. The molecule has 0 spiro atoms. The summed E-state index contributed by atoms with van der Waals surface area (Å²) in [4.78, 5) is 10.4. The minimum absolute atomic E-state index is 0.0170. The number of nitrogens with two attached hydrogens (primary N) is 1.